The summed E-state index contributed by atoms with van der Waals surface area (Å²) in [6.07, 6.45) is 0. The third-order valence-corrected chi connectivity index (χ3v) is 3.54. The minimum absolute atomic E-state index is 0.0673. The molecule has 118 valence electrons. The molecule has 0 atom stereocenters. The van der Waals surface area contributed by atoms with Gasteiger partial charge in [-0.2, -0.15) is 8.42 Å². The molecule has 0 unspecified atom stereocenters. The van der Waals surface area contributed by atoms with E-state index in [2.05, 4.69) is 4.18 Å². The molecule has 0 fully saturated rings. The molecule has 1 N–H and O–H groups in total. The molecule has 0 aromatic heterocycles. The SMILES string of the molecule is CN(C)c1cc(N(C)c2ccccc2)ccc1OS(=O)(=O)O. The van der Waals surface area contributed by atoms with E-state index in [9.17, 15) is 8.42 Å². The summed E-state index contributed by atoms with van der Waals surface area (Å²) in [5.41, 5.74) is 2.39. The van der Waals surface area contributed by atoms with Crippen molar-refractivity contribution in [3.05, 3.63) is 48.5 Å². The number of nitrogens with zero attached hydrogens (tertiary/aromatic N) is 2. The first kappa shape index (κ1) is 16.1. The highest BCUT2D eigenvalue weighted by molar-refractivity contribution is 7.81. The summed E-state index contributed by atoms with van der Waals surface area (Å²) < 4.78 is 35.3. The van der Waals surface area contributed by atoms with Crippen molar-refractivity contribution in [2.45, 2.75) is 0 Å². The molecule has 0 aliphatic rings. The Morgan fingerprint density at radius 3 is 2.14 bits per heavy atom. The molecule has 0 heterocycles. The van der Waals surface area contributed by atoms with Crippen LogP contribution in [-0.4, -0.2) is 34.1 Å². The number of benzene rings is 2. The van der Waals surface area contributed by atoms with E-state index < -0.39 is 10.4 Å². The fourth-order valence-electron chi connectivity index (χ4n) is 2.05. The van der Waals surface area contributed by atoms with Gasteiger partial charge in [0.25, 0.3) is 0 Å². The van der Waals surface area contributed by atoms with Crippen molar-refractivity contribution in [2.75, 3.05) is 30.9 Å². The summed E-state index contributed by atoms with van der Waals surface area (Å²) in [7, 11) is 0.876. The van der Waals surface area contributed by atoms with Gasteiger partial charge in [-0.25, -0.2) is 0 Å². The monoisotopic (exact) mass is 322 g/mol. The van der Waals surface area contributed by atoms with Crippen LogP contribution in [0.25, 0.3) is 0 Å². The smallest absolute Gasteiger partial charge is 0.375 e. The van der Waals surface area contributed by atoms with Gasteiger partial charge in [-0.05, 0) is 30.3 Å². The molecule has 0 bridgehead atoms. The average molecular weight is 322 g/mol. The minimum Gasteiger partial charge on any atom is -0.375 e. The van der Waals surface area contributed by atoms with E-state index >= 15 is 0 Å². The third-order valence-electron chi connectivity index (χ3n) is 3.15. The van der Waals surface area contributed by atoms with Gasteiger partial charge in [0.05, 0.1) is 5.69 Å². The van der Waals surface area contributed by atoms with Crippen LogP contribution in [0.5, 0.6) is 5.75 Å². The zero-order valence-corrected chi connectivity index (χ0v) is 13.4. The predicted molar refractivity (Wildman–Crippen MR) is 87.5 cm³/mol. The lowest BCUT2D eigenvalue weighted by molar-refractivity contribution is 0.387. The van der Waals surface area contributed by atoms with Crippen molar-refractivity contribution >= 4 is 27.5 Å². The topological polar surface area (TPSA) is 70.1 Å². The standard InChI is InChI=1S/C15H18N2O4S/c1-16(2)14-11-13(9-10-15(14)21-22(18,19)20)17(3)12-7-5-4-6-8-12/h4-11H,1-3H3,(H,18,19,20). The van der Waals surface area contributed by atoms with Gasteiger partial charge in [-0.3, -0.25) is 4.55 Å². The molecule has 6 nitrogen and oxygen atoms in total. The highest BCUT2D eigenvalue weighted by Gasteiger charge is 2.15. The molecule has 0 spiro atoms. The lowest BCUT2D eigenvalue weighted by atomic mass is 10.2. The first-order valence-electron chi connectivity index (χ1n) is 6.55. The first-order chi connectivity index (χ1) is 10.3. The second-order valence-electron chi connectivity index (χ2n) is 4.95. The molecule has 0 saturated heterocycles. The van der Waals surface area contributed by atoms with Gasteiger partial charge >= 0.3 is 10.4 Å². The number of hydrogen-bond donors (Lipinski definition) is 1. The highest BCUT2D eigenvalue weighted by atomic mass is 32.3. The fraction of sp³-hybridized carbons (Fsp3) is 0.200. The van der Waals surface area contributed by atoms with E-state index in [-0.39, 0.29) is 5.75 Å². The van der Waals surface area contributed by atoms with Crippen molar-refractivity contribution in [1.82, 2.24) is 0 Å². The number of hydrogen-bond acceptors (Lipinski definition) is 5. The van der Waals surface area contributed by atoms with Crippen LogP contribution in [0.2, 0.25) is 0 Å². The van der Waals surface area contributed by atoms with E-state index in [4.69, 9.17) is 4.55 Å². The Kier molecular flexibility index (Phi) is 4.58. The molecule has 7 heteroatoms. The largest absolute Gasteiger partial charge is 0.446 e. The van der Waals surface area contributed by atoms with E-state index in [0.717, 1.165) is 11.4 Å². The van der Waals surface area contributed by atoms with Gasteiger partial charge in [0.2, 0.25) is 0 Å². The predicted octanol–water partition coefficient (Wildman–Crippen LogP) is 2.70. The van der Waals surface area contributed by atoms with Gasteiger partial charge in [0.1, 0.15) is 0 Å². The van der Waals surface area contributed by atoms with Gasteiger partial charge in [-0.15, -0.1) is 0 Å². The second-order valence-corrected chi connectivity index (χ2v) is 5.97. The van der Waals surface area contributed by atoms with Gasteiger partial charge in [0.15, 0.2) is 5.75 Å². The molecule has 0 aliphatic heterocycles. The van der Waals surface area contributed by atoms with Crippen molar-refractivity contribution in [2.24, 2.45) is 0 Å². The summed E-state index contributed by atoms with van der Waals surface area (Å²) in [6.45, 7) is 0. The van der Waals surface area contributed by atoms with Crippen LogP contribution in [0.3, 0.4) is 0 Å². The molecule has 0 amide bonds. The van der Waals surface area contributed by atoms with Gasteiger partial charge in [0, 0.05) is 32.5 Å². The van der Waals surface area contributed by atoms with Gasteiger partial charge < -0.3 is 14.0 Å². The molecule has 0 aliphatic carbocycles. The molecule has 22 heavy (non-hydrogen) atoms. The normalized spacial score (nSPS) is 11.1. The van der Waals surface area contributed by atoms with Crippen molar-refractivity contribution in [1.29, 1.82) is 0 Å². The maximum Gasteiger partial charge on any atom is 0.446 e. The summed E-state index contributed by atoms with van der Waals surface area (Å²) in [6, 6.07) is 14.8. The molecule has 2 rings (SSSR count). The maximum absolute atomic E-state index is 10.9. The van der Waals surface area contributed by atoms with Crippen LogP contribution in [0.4, 0.5) is 17.1 Å². The van der Waals surface area contributed by atoms with E-state index in [0.29, 0.717) is 5.69 Å². The highest BCUT2D eigenvalue weighted by Crippen LogP contribution is 2.34. The van der Waals surface area contributed by atoms with E-state index in [1.54, 1.807) is 31.1 Å². The third kappa shape index (κ3) is 3.90. The number of anilines is 3. The first-order valence-corrected chi connectivity index (χ1v) is 7.91. The Bertz CT molecular complexity index is 745. The zero-order chi connectivity index (χ0) is 16.3. The van der Waals surface area contributed by atoms with Crippen molar-refractivity contribution in [3.8, 4) is 5.75 Å². The molecular formula is C15H18N2O4S. The van der Waals surface area contributed by atoms with Crippen molar-refractivity contribution in [3.63, 3.8) is 0 Å². The fourth-order valence-corrected chi connectivity index (χ4v) is 2.42. The summed E-state index contributed by atoms with van der Waals surface area (Å²) in [5, 5.41) is 0. The Morgan fingerprint density at radius 2 is 1.59 bits per heavy atom. The van der Waals surface area contributed by atoms with E-state index in [1.165, 1.54) is 6.07 Å². The van der Waals surface area contributed by atoms with E-state index in [1.807, 2.05) is 42.3 Å². The summed E-state index contributed by atoms with van der Waals surface area (Å²) in [5.74, 6) is 0.0673. The van der Waals surface area contributed by atoms with Crippen LogP contribution in [0.15, 0.2) is 48.5 Å². The van der Waals surface area contributed by atoms with Crippen molar-refractivity contribution < 1.29 is 17.2 Å². The Balaban J connectivity index is 2.41. The summed E-state index contributed by atoms with van der Waals surface area (Å²) >= 11 is 0. The molecule has 2 aromatic rings. The van der Waals surface area contributed by atoms with Crippen LogP contribution < -0.4 is 14.0 Å². The number of rotatable bonds is 5. The zero-order valence-electron chi connectivity index (χ0n) is 12.6. The second kappa shape index (κ2) is 6.25. The number of para-hydroxylation sites is 1. The molecule has 0 saturated carbocycles. The summed E-state index contributed by atoms with van der Waals surface area (Å²) in [4.78, 5) is 3.67. The Morgan fingerprint density at radius 1 is 0.955 bits per heavy atom. The molecular weight excluding hydrogens is 304 g/mol. The molecule has 2 aromatic carbocycles. The Labute approximate surface area is 130 Å². The van der Waals surface area contributed by atoms with Gasteiger partial charge in [-0.1, -0.05) is 18.2 Å². The van der Waals surface area contributed by atoms with Crippen LogP contribution in [-0.2, 0) is 10.4 Å². The van der Waals surface area contributed by atoms with Crippen LogP contribution in [0.1, 0.15) is 0 Å². The minimum atomic E-state index is -4.56. The Hall–Kier alpha value is -2.25. The van der Waals surface area contributed by atoms with Crippen LogP contribution >= 0.6 is 0 Å². The lowest BCUT2D eigenvalue weighted by Crippen LogP contribution is -2.15. The lowest BCUT2D eigenvalue weighted by Gasteiger charge is -2.23. The quantitative estimate of drug-likeness (QED) is 0.854. The molecule has 0 radical (unpaired) electrons. The maximum atomic E-state index is 10.9. The van der Waals surface area contributed by atoms with Crippen LogP contribution in [0, 0.1) is 0 Å². The average Bonchev–Trinajstić information content (AvgIpc) is 2.46.